The van der Waals surface area contributed by atoms with Crippen molar-refractivity contribution in [2.75, 3.05) is 62.7 Å². The topological polar surface area (TPSA) is 99.4 Å². The summed E-state index contributed by atoms with van der Waals surface area (Å²) in [6, 6.07) is -0.226. The molecular weight excluding hydrogens is 533 g/mol. The first-order chi connectivity index (χ1) is 18.5. The Morgan fingerprint density at radius 3 is 2.28 bits per heavy atom. The van der Waals surface area contributed by atoms with Gasteiger partial charge in [-0.2, -0.15) is 18.3 Å². The molecule has 2 fully saturated rings. The molecule has 2 aliphatic heterocycles. The molecule has 1 unspecified atom stereocenters. The van der Waals surface area contributed by atoms with Crippen molar-refractivity contribution in [2.45, 2.75) is 39.5 Å². The van der Waals surface area contributed by atoms with E-state index in [-0.39, 0.29) is 24.2 Å². The number of carbonyl (C=O) groups is 1. The molecule has 5 rings (SSSR count). The lowest BCUT2D eigenvalue weighted by Crippen LogP contribution is -2.54. The number of thiazole rings is 1. The van der Waals surface area contributed by atoms with Crippen LogP contribution in [0.15, 0.2) is 12.4 Å². The third-order valence-corrected chi connectivity index (χ3v) is 8.19. The van der Waals surface area contributed by atoms with Crippen molar-refractivity contribution in [2.24, 2.45) is 0 Å². The van der Waals surface area contributed by atoms with Gasteiger partial charge in [-0.05, 0) is 27.8 Å². The summed E-state index contributed by atoms with van der Waals surface area (Å²) in [5, 5.41) is 3.75. The van der Waals surface area contributed by atoms with E-state index in [2.05, 4.69) is 41.9 Å². The van der Waals surface area contributed by atoms with E-state index < -0.39 is 11.2 Å². The van der Waals surface area contributed by atoms with Crippen LogP contribution in [0.1, 0.15) is 23.6 Å². The summed E-state index contributed by atoms with van der Waals surface area (Å²) in [7, 11) is 2.05. The summed E-state index contributed by atoms with van der Waals surface area (Å²) in [4.78, 5) is 38.0. The number of aromatic nitrogens is 6. The molecule has 0 radical (unpaired) electrons. The molecule has 15 heteroatoms. The molecule has 0 aromatic carbocycles. The largest absolute Gasteiger partial charge is 0.443 e. The standard InChI is InChI=1S/C24H31F3N10OS/c1-15-13-35(9-10-36(15)19(38)14-37-17(3)30-16(2)32-37)21-20(31-22(39-21)24(25,26)27)18-11-28-23(29-12-18)34-7-5-33(4)6-8-34/h11-12,15H,5-10,13-14H2,1-4H3. The second kappa shape index (κ2) is 10.7. The van der Waals surface area contributed by atoms with Crippen LogP contribution >= 0.6 is 11.3 Å². The normalized spacial score (nSPS) is 19.2. The number of rotatable bonds is 5. The number of alkyl halides is 3. The molecule has 3 aromatic heterocycles. The van der Waals surface area contributed by atoms with Gasteiger partial charge >= 0.3 is 6.18 Å². The maximum atomic E-state index is 13.7. The zero-order chi connectivity index (χ0) is 27.9. The first-order valence-corrected chi connectivity index (χ1v) is 13.6. The van der Waals surface area contributed by atoms with E-state index >= 15 is 0 Å². The van der Waals surface area contributed by atoms with Crippen LogP contribution in [-0.4, -0.2) is 104 Å². The van der Waals surface area contributed by atoms with Gasteiger partial charge in [-0.25, -0.2) is 24.6 Å². The molecule has 5 heterocycles. The van der Waals surface area contributed by atoms with Gasteiger partial charge in [0.05, 0.1) is 0 Å². The molecule has 2 saturated heterocycles. The molecule has 1 atom stereocenters. The molecule has 0 N–H and O–H groups in total. The number of hydrogen-bond donors (Lipinski definition) is 0. The number of anilines is 2. The SMILES string of the molecule is Cc1nc(C)n(CC(=O)N2CCN(c3sc(C(F)(F)F)nc3-c3cnc(N4CCN(C)CC4)nc3)CC2C)n1. The Morgan fingerprint density at radius 1 is 1.03 bits per heavy atom. The Kier molecular flexibility index (Phi) is 7.46. The Balaban J connectivity index is 1.34. The molecular formula is C24H31F3N10OS. The Labute approximate surface area is 228 Å². The molecule has 0 bridgehead atoms. The quantitative estimate of drug-likeness (QED) is 0.462. The lowest BCUT2D eigenvalue weighted by molar-refractivity contribution is -0.137. The van der Waals surface area contributed by atoms with E-state index in [1.54, 1.807) is 35.8 Å². The first-order valence-electron chi connectivity index (χ1n) is 12.8. The highest BCUT2D eigenvalue weighted by atomic mass is 32.1. The smallest absolute Gasteiger partial charge is 0.358 e. The Morgan fingerprint density at radius 2 is 1.69 bits per heavy atom. The van der Waals surface area contributed by atoms with Gasteiger partial charge in [0.1, 0.15) is 28.9 Å². The van der Waals surface area contributed by atoms with E-state index in [0.29, 0.717) is 59.1 Å². The van der Waals surface area contributed by atoms with Crippen LogP contribution in [0.5, 0.6) is 0 Å². The van der Waals surface area contributed by atoms with Gasteiger partial charge in [0, 0.05) is 69.8 Å². The maximum absolute atomic E-state index is 13.7. The molecule has 0 saturated carbocycles. The lowest BCUT2D eigenvalue weighted by atomic mass is 10.1. The number of halogens is 3. The van der Waals surface area contributed by atoms with Gasteiger partial charge < -0.3 is 19.6 Å². The van der Waals surface area contributed by atoms with Crippen LogP contribution in [0, 0.1) is 13.8 Å². The third-order valence-electron chi connectivity index (χ3n) is 7.03. The minimum Gasteiger partial charge on any atom is -0.358 e. The van der Waals surface area contributed by atoms with Crippen molar-refractivity contribution in [3.8, 4) is 11.3 Å². The second-order valence-corrected chi connectivity index (χ2v) is 11.0. The van der Waals surface area contributed by atoms with Crippen LogP contribution in [0.25, 0.3) is 11.3 Å². The molecule has 0 aliphatic carbocycles. The number of amides is 1. The number of aryl methyl sites for hydroxylation is 2. The number of nitrogens with zero attached hydrogens (tertiary/aromatic N) is 10. The number of likely N-dealkylation sites (N-methyl/N-ethyl adjacent to an activating group) is 1. The molecule has 3 aromatic rings. The van der Waals surface area contributed by atoms with Crippen molar-refractivity contribution in [1.29, 1.82) is 0 Å². The van der Waals surface area contributed by atoms with Crippen molar-refractivity contribution in [3.63, 3.8) is 0 Å². The molecule has 0 spiro atoms. The van der Waals surface area contributed by atoms with E-state index in [0.717, 1.165) is 26.2 Å². The van der Waals surface area contributed by atoms with Crippen LogP contribution in [0.2, 0.25) is 0 Å². The van der Waals surface area contributed by atoms with E-state index in [4.69, 9.17) is 0 Å². The minimum atomic E-state index is -4.57. The number of piperazine rings is 2. The highest BCUT2D eigenvalue weighted by Crippen LogP contribution is 2.43. The van der Waals surface area contributed by atoms with Crippen molar-refractivity contribution in [3.05, 3.63) is 29.1 Å². The van der Waals surface area contributed by atoms with Crippen LogP contribution in [0.3, 0.4) is 0 Å². The van der Waals surface area contributed by atoms with Gasteiger partial charge in [-0.3, -0.25) is 4.79 Å². The van der Waals surface area contributed by atoms with Gasteiger partial charge in [0.2, 0.25) is 16.9 Å². The zero-order valence-electron chi connectivity index (χ0n) is 22.3. The monoisotopic (exact) mass is 564 g/mol. The minimum absolute atomic E-state index is 0.0675. The number of hydrogen-bond acceptors (Lipinski definition) is 10. The van der Waals surface area contributed by atoms with Gasteiger partial charge in [0.25, 0.3) is 0 Å². The summed E-state index contributed by atoms with van der Waals surface area (Å²) in [6.45, 7) is 9.97. The van der Waals surface area contributed by atoms with Gasteiger partial charge in [0.15, 0.2) is 0 Å². The fourth-order valence-corrected chi connectivity index (χ4v) is 5.88. The van der Waals surface area contributed by atoms with Gasteiger partial charge in [-0.15, -0.1) is 0 Å². The fraction of sp³-hybridized carbons (Fsp3) is 0.583. The Hall–Kier alpha value is -3.33. The third kappa shape index (κ3) is 5.83. The van der Waals surface area contributed by atoms with E-state index in [9.17, 15) is 18.0 Å². The van der Waals surface area contributed by atoms with Crippen LogP contribution in [0.4, 0.5) is 24.1 Å². The Bertz CT molecular complexity index is 1320. The average Bonchev–Trinajstić information content (AvgIpc) is 3.47. The molecule has 2 aliphatic rings. The molecule has 11 nitrogen and oxygen atoms in total. The summed E-state index contributed by atoms with van der Waals surface area (Å²) in [5.41, 5.74) is 0.635. The van der Waals surface area contributed by atoms with Crippen LogP contribution in [-0.2, 0) is 17.5 Å². The summed E-state index contributed by atoms with van der Waals surface area (Å²) >= 11 is 0.612. The van der Waals surface area contributed by atoms with E-state index in [1.165, 1.54) is 0 Å². The molecule has 1 amide bonds. The zero-order valence-corrected chi connectivity index (χ0v) is 23.1. The number of carbonyl (C=O) groups excluding carboxylic acids is 1. The van der Waals surface area contributed by atoms with Crippen molar-refractivity contribution in [1.82, 2.24) is 39.5 Å². The highest BCUT2D eigenvalue weighted by molar-refractivity contribution is 7.16. The second-order valence-electron chi connectivity index (χ2n) is 9.98. The lowest BCUT2D eigenvalue weighted by Gasteiger charge is -2.40. The fourth-order valence-electron chi connectivity index (χ4n) is 4.89. The van der Waals surface area contributed by atoms with Crippen molar-refractivity contribution >= 4 is 28.2 Å². The van der Waals surface area contributed by atoms with Crippen LogP contribution < -0.4 is 9.80 Å². The van der Waals surface area contributed by atoms with E-state index in [1.807, 2.05) is 11.8 Å². The maximum Gasteiger partial charge on any atom is 0.443 e. The highest BCUT2D eigenvalue weighted by Gasteiger charge is 2.38. The predicted octanol–water partition coefficient (Wildman–Crippen LogP) is 2.32. The average molecular weight is 565 g/mol. The first kappa shape index (κ1) is 27.2. The predicted molar refractivity (Wildman–Crippen MR) is 141 cm³/mol. The van der Waals surface area contributed by atoms with Gasteiger partial charge in [-0.1, -0.05) is 11.3 Å². The van der Waals surface area contributed by atoms with Crippen molar-refractivity contribution < 1.29 is 18.0 Å². The summed E-state index contributed by atoms with van der Waals surface area (Å²) in [6.07, 6.45) is -1.48. The molecule has 39 heavy (non-hydrogen) atoms. The summed E-state index contributed by atoms with van der Waals surface area (Å²) < 4.78 is 42.7. The summed E-state index contributed by atoms with van der Waals surface area (Å²) in [5.74, 6) is 1.70. The molecule has 210 valence electrons.